The molecule has 0 bridgehead atoms. The molecule has 0 saturated heterocycles. The van der Waals surface area contributed by atoms with Gasteiger partial charge in [-0.1, -0.05) is 31.0 Å². The van der Waals surface area contributed by atoms with E-state index >= 15 is 0 Å². The number of rotatable bonds is 8. The van der Waals surface area contributed by atoms with Gasteiger partial charge in [0.1, 0.15) is 0 Å². The van der Waals surface area contributed by atoms with Crippen LogP contribution in [0, 0.1) is 6.92 Å². The monoisotopic (exact) mass is 291 g/mol. The first kappa shape index (κ1) is 17.2. The number of unbranched alkanes of at least 4 members (excludes halogenated alkanes) is 1. The van der Waals surface area contributed by atoms with Gasteiger partial charge in [-0.15, -0.1) is 0 Å². The Bertz CT molecular complexity index is 454. The van der Waals surface area contributed by atoms with Crippen LogP contribution in [0.5, 0.6) is 0 Å². The third-order valence-electron chi connectivity index (χ3n) is 3.26. The van der Waals surface area contributed by atoms with Gasteiger partial charge in [0, 0.05) is 18.7 Å². The van der Waals surface area contributed by atoms with Gasteiger partial charge < -0.3 is 9.64 Å². The van der Waals surface area contributed by atoms with Gasteiger partial charge in [0.25, 0.3) is 5.91 Å². The molecule has 4 heteroatoms. The molecule has 0 aromatic heterocycles. The maximum atomic E-state index is 12.5. The highest BCUT2D eigenvalue weighted by Crippen LogP contribution is 2.09. The van der Waals surface area contributed by atoms with Gasteiger partial charge in [-0.2, -0.15) is 0 Å². The lowest BCUT2D eigenvalue weighted by Crippen LogP contribution is -2.34. The second-order valence-electron chi connectivity index (χ2n) is 5.07. The second kappa shape index (κ2) is 9.16. The van der Waals surface area contributed by atoms with Crippen molar-refractivity contribution in [3.8, 4) is 0 Å². The summed E-state index contributed by atoms with van der Waals surface area (Å²) in [5.74, 6) is -0.275. The largest absolute Gasteiger partial charge is 0.466 e. The van der Waals surface area contributed by atoms with Gasteiger partial charge in [-0.3, -0.25) is 9.59 Å². The van der Waals surface area contributed by atoms with E-state index in [1.54, 1.807) is 11.8 Å². The van der Waals surface area contributed by atoms with Crippen LogP contribution in [0.4, 0.5) is 0 Å². The number of esters is 1. The van der Waals surface area contributed by atoms with E-state index in [1.165, 1.54) is 0 Å². The minimum atomic E-state index is -0.254. The summed E-state index contributed by atoms with van der Waals surface area (Å²) in [5.41, 5.74) is 1.79. The summed E-state index contributed by atoms with van der Waals surface area (Å²) >= 11 is 0. The molecule has 0 heterocycles. The van der Waals surface area contributed by atoms with Crippen molar-refractivity contribution in [1.29, 1.82) is 0 Å². The summed E-state index contributed by atoms with van der Waals surface area (Å²) in [4.78, 5) is 25.7. The Kier molecular flexibility index (Phi) is 7.51. The van der Waals surface area contributed by atoms with E-state index in [-0.39, 0.29) is 18.3 Å². The Morgan fingerprint density at radius 3 is 2.33 bits per heavy atom. The maximum Gasteiger partial charge on any atom is 0.307 e. The predicted molar refractivity (Wildman–Crippen MR) is 83.2 cm³/mol. The Morgan fingerprint density at radius 1 is 1.10 bits per heavy atom. The van der Waals surface area contributed by atoms with E-state index in [0.717, 1.165) is 18.4 Å². The highest BCUT2D eigenvalue weighted by atomic mass is 16.5. The summed E-state index contributed by atoms with van der Waals surface area (Å²) in [6, 6.07) is 7.52. The molecule has 0 unspecified atom stereocenters. The van der Waals surface area contributed by atoms with Crippen molar-refractivity contribution in [1.82, 2.24) is 4.90 Å². The summed E-state index contributed by atoms with van der Waals surface area (Å²) in [6.07, 6.45) is 2.19. The normalized spacial score (nSPS) is 10.2. The van der Waals surface area contributed by atoms with E-state index in [1.807, 2.05) is 31.2 Å². The molecule has 1 rings (SSSR count). The average molecular weight is 291 g/mol. The van der Waals surface area contributed by atoms with E-state index in [9.17, 15) is 9.59 Å². The molecule has 0 atom stereocenters. The number of benzene rings is 1. The number of ether oxygens (including phenoxy) is 1. The summed E-state index contributed by atoms with van der Waals surface area (Å²) in [7, 11) is 0. The molecular formula is C17H25NO3. The van der Waals surface area contributed by atoms with Crippen LogP contribution in [0.1, 0.15) is 49.0 Å². The number of aryl methyl sites for hydroxylation is 1. The SMILES string of the molecule is CCCCN(CCC(=O)OCC)C(=O)c1ccc(C)cc1. The number of hydrogen-bond donors (Lipinski definition) is 0. The number of carbonyl (C=O) groups is 2. The zero-order chi connectivity index (χ0) is 15.7. The van der Waals surface area contributed by atoms with Gasteiger partial charge in [0.2, 0.25) is 0 Å². The van der Waals surface area contributed by atoms with Gasteiger partial charge in [0.15, 0.2) is 0 Å². The fourth-order valence-electron chi connectivity index (χ4n) is 2.00. The van der Waals surface area contributed by atoms with Crippen molar-refractivity contribution in [2.45, 2.75) is 40.0 Å². The van der Waals surface area contributed by atoms with Crippen molar-refractivity contribution >= 4 is 11.9 Å². The summed E-state index contributed by atoms with van der Waals surface area (Å²) < 4.78 is 4.92. The highest BCUT2D eigenvalue weighted by Gasteiger charge is 2.16. The van der Waals surface area contributed by atoms with Gasteiger partial charge >= 0.3 is 5.97 Å². The predicted octanol–water partition coefficient (Wildman–Crippen LogP) is 3.19. The van der Waals surface area contributed by atoms with Gasteiger partial charge in [0.05, 0.1) is 13.0 Å². The molecule has 0 N–H and O–H groups in total. The van der Waals surface area contributed by atoms with Crippen LogP contribution in [0.3, 0.4) is 0 Å². The maximum absolute atomic E-state index is 12.5. The Balaban J connectivity index is 2.69. The molecule has 1 amide bonds. The van der Waals surface area contributed by atoms with Crippen molar-refractivity contribution in [2.24, 2.45) is 0 Å². The lowest BCUT2D eigenvalue weighted by Gasteiger charge is -2.22. The van der Waals surface area contributed by atoms with Crippen LogP contribution in [0.2, 0.25) is 0 Å². The quantitative estimate of drug-likeness (QED) is 0.691. The molecule has 0 aliphatic rings. The number of amides is 1. The third-order valence-corrected chi connectivity index (χ3v) is 3.26. The topological polar surface area (TPSA) is 46.6 Å². The summed E-state index contributed by atoms with van der Waals surface area (Å²) in [5, 5.41) is 0. The first-order valence-electron chi connectivity index (χ1n) is 7.60. The molecule has 21 heavy (non-hydrogen) atoms. The minimum absolute atomic E-state index is 0.0206. The molecule has 0 radical (unpaired) electrons. The zero-order valence-electron chi connectivity index (χ0n) is 13.2. The third kappa shape index (κ3) is 5.98. The molecule has 1 aromatic rings. The molecule has 1 aromatic carbocycles. The van der Waals surface area contributed by atoms with E-state index in [2.05, 4.69) is 6.92 Å². The lowest BCUT2D eigenvalue weighted by atomic mass is 10.1. The Hall–Kier alpha value is -1.84. The molecule has 0 spiro atoms. The molecular weight excluding hydrogens is 266 g/mol. The lowest BCUT2D eigenvalue weighted by molar-refractivity contribution is -0.143. The number of nitrogens with zero attached hydrogens (tertiary/aromatic N) is 1. The zero-order valence-corrected chi connectivity index (χ0v) is 13.2. The number of hydrogen-bond acceptors (Lipinski definition) is 3. The highest BCUT2D eigenvalue weighted by molar-refractivity contribution is 5.94. The molecule has 4 nitrogen and oxygen atoms in total. The van der Waals surface area contributed by atoms with E-state index < -0.39 is 0 Å². The fraction of sp³-hybridized carbons (Fsp3) is 0.529. The average Bonchev–Trinajstić information content (AvgIpc) is 2.48. The standard InChI is InChI=1S/C17H25NO3/c1-4-6-12-18(13-11-16(19)21-5-2)17(20)15-9-7-14(3)8-10-15/h7-10H,4-6,11-13H2,1-3H3. The van der Waals surface area contributed by atoms with Gasteiger partial charge in [-0.05, 0) is 32.4 Å². The van der Waals surface area contributed by atoms with Crippen LogP contribution >= 0.6 is 0 Å². The van der Waals surface area contributed by atoms with Crippen LogP contribution in [0.15, 0.2) is 24.3 Å². The smallest absolute Gasteiger partial charge is 0.307 e. The van der Waals surface area contributed by atoms with Crippen molar-refractivity contribution in [2.75, 3.05) is 19.7 Å². The minimum Gasteiger partial charge on any atom is -0.466 e. The van der Waals surface area contributed by atoms with Crippen LogP contribution in [-0.4, -0.2) is 36.5 Å². The van der Waals surface area contributed by atoms with E-state index in [0.29, 0.717) is 25.3 Å². The van der Waals surface area contributed by atoms with E-state index in [4.69, 9.17) is 4.74 Å². The summed E-state index contributed by atoms with van der Waals surface area (Å²) in [6.45, 7) is 7.31. The molecule has 116 valence electrons. The van der Waals surface area contributed by atoms with Crippen LogP contribution in [0.25, 0.3) is 0 Å². The molecule has 0 saturated carbocycles. The first-order chi connectivity index (χ1) is 10.1. The fourth-order valence-corrected chi connectivity index (χ4v) is 2.00. The van der Waals surface area contributed by atoms with Crippen molar-refractivity contribution in [3.63, 3.8) is 0 Å². The molecule has 0 aliphatic carbocycles. The molecule has 0 aliphatic heterocycles. The number of carbonyl (C=O) groups excluding carboxylic acids is 2. The second-order valence-corrected chi connectivity index (χ2v) is 5.07. The van der Waals surface area contributed by atoms with Gasteiger partial charge in [-0.25, -0.2) is 0 Å². The first-order valence-corrected chi connectivity index (χ1v) is 7.60. The Labute approximate surface area is 127 Å². The Morgan fingerprint density at radius 2 is 1.76 bits per heavy atom. The molecule has 0 fully saturated rings. The van der Waals surface area contributed by atoms with Crippen molar-refractivity contribution < 1.29 is 14.3 Å². The van der Waals surface area contributed by atoms with Crippen molar-refractivity contribution in [3.05, 3.63) is 35.4 Å². The van der Waals surface area contributed by atoms with Crippen LogP contribution in [-0.2, 0) is 9.53 Å². The van der Waals surface area contributed by atoms with Crippen LogP contribution < -0.4 is 0 Å².